The van der Waals surface area contributed by atoms with E-state index in [1.165, 1.54) is 6.42 Å². The highest BCUT2D eigenvalue weighted by Crippen LogP contribution is 2.14. The van der Waals surface area contributed by atoms with Crippen LogP contribution in [0.1, 0.15) is 24.8 Å². The first-order valence-electron chi connectivity index (χ1n) is 6.38. The first-order valence-corrected chi connectivity index (χ1v) is 7.86. The van der Waals surface area contributed by atoms with Crippen molar-refractivity contribution in [1.29, 1.82) is 0 Å². The van der Waals surface area contributed by atoms with Gasteiger partial charge in [-0.25, -0.2) is 13.1 Å². The molecule has 0 bridgehead atoms. The van der Waals surface area contributed by atoms with Crippen molar-refractivity contribution in [2.24, 2.45) is 0 Å². The maximum atomic E-state index is 12.1. The fourth-order valence-corrected chi connectivity index (χ4v) is 3.60. The van der Waals surface area contributed by atoms with Gasteiger partial charge in [-0.05, 0) is 44.4 Å². The van der Waals surface area contributed by atoms with Gasteiger partial charge in [0.15, 0.2) is 0 Å². The lowest BCUT2D eigenvalue weighted by atomic mass is 10.2. The molecule has 1 aliphatic rings. The van der Waals surface area contributed by atoms with Crippen LogP contribution in [0.3, 0.4) is 0 Å². The summed E-state index contributed by atoms with van der Waals surface area (Å²) in [5.74, 6) is 0. The fourth-order valence-electron chi connectivity index (χ4n) is 2.31. The first kappa shape index (κ1) is 13.5. The van der Waals surface area contributed by atoms with Gasteiger partial charge in [0.1, 0.15) is 0 Å². The molecule has 0 aromatic heterocycles. The molecule has 1 fully saturated rings. The molecule has 0 radical (unpaired) electrons. The third-order valence-electron chi connectivity index (χ3n) is 3.33. The van der Waals surface area contributed by atoms with Crippen molar-refractivity contribution in [3.05, 3.63) is 29.8 Å². The van der Waals surface area contributed by atoms with Gasteiger partial charge >= 0.3 is 0 Å². The van der Waals surface area contributed by atoms with E-state index in [0.717, 1.165) is 24.9 Å². The van der Waals surface area contributed by atoms with Crippen molar-refractivity contribution in [3.63, 3.8) is 0 Å². The molecule has 2 N–H and O–H groups in total. The van der Waals surface area contributed by atoms with Crippen LogP contribution in [-0.2, 0) is 10.0 Å². The Kier molecular flexibility index (Phi) is 4.37. The molecular weight excluding hydrogens is 248 g/mol. The molecule has 1 heterocycles. The molecule has 0 aliphatic carbocycles. The Bertz CT molecular complexity index is 493. The van der Waals surface area contributed by atoms with Crippen LogP contribution in [0.15, 0.2) is 29.2 Å². The van der Waals surface area contributed by atoms with E-state index in [1.54, 1.807) is 12.1 Å². The van der Waals surface area contributed by atoms with Gasteiger partial charge < -0.3 is 5.32 Å². The minimum atomic E-state index is -3.36. The van der Waals surface area contributed by atoms with Crippen LogP contribution in [-0.4, -0.2) is 27.5 Å². The van der Waals surface area contributed by atoms with Gasteiger partial charge in [0, 0.05) is 12.6 Å². The average molecular weight is 268 g/mol. The Labute approximate surface area is 109 Å². The quantitative estimate of drug-likeness (QED) is 0.849. The maximum absolute atomic E-state index is 12.1. The molecule has 1 aromatic rings. The highest BCUT2D eigenvalue weighted by Gasteiger charge is 2.18. The van der Waals surface area contributed by atoms with E-state index in [-0.39, 0.29) is 0 Å². The lowest BCUT2D eigenvalue weighted by Crippen LogP contribution is -2.30. The molecule has 18 heavy (non-hydrogen) atoms. The number of aryl methyl sites for hydroxylation is 1. The third kappa shape index (κ3) is 3.31. The number of nitrogens with one attached hydrogen (secondary N) is 2. The molecule has 1 aromatic carbocycles. The van der Waals surface area contributed by atoms with E-state index in [2.05, 4.69) is 10.0 Å². The van der Waals surface area contributed by atoms with E-state index in [4.69, 9.17) is 0 Å². The molecule has 100 valence electrons. The molecule has 1 unspecified atom stereocenters. The van der Waals surface area contributed by atoms with E-state index in [1.807, 2.05) is 19.1 Å². The summed E-state index contributed by atoms with van der Waals surface area (Å²) in [4.78, 5) is 0.379. The molecule has 0 amide bonds. The zero-order valence-electron chi connectivity index (χ0n) is 10.6. The van der Waals surface area contributed by atoms with Gasteiger partial charge in [0.2, 0.25) is 10.0 Å². The summed E-state index contributed by atoms with van der Waals surface area (Å²) in [5, 5.41) is 3.36. The van der Waals surface area contributed by atoms with E-state index in [9.17, 15) is 8.42 Å². The second-order valence-corrected chi connectivity index (χ2v) is 6.48. The Balaban J connectivity index is 1.93. The molecule has 1 saturated heterocycles. The average Bonchev–Trinajstić information content (AvgIpc) is 2.82. The fraction of sp³-hybridized carbons (Fsp3) is 0.538. The third-order valence-corrected chi connectivity index (χ3v) is 4.95. The van der Waals surface area contributed by atoms with Crippen molar-refractivity contribution in [3.8, 4) is 0 Å². The normalized spacial score (nSPS) is 20.2. The lowest BCUT2D eigenvalue weighted by Gasteiger charge is -2.12. The van der Waals surface area contributed by atoms with Gasteiger partial charge in [0.05, 0.1) is 4.90 Å². The molecule has 2 rings (SSSR count). The largest absolute Gasteiger partial charge is 0.314 e. The molecule has 1 aliphatic heterocycles. The highest BCUT2D eigenvalue weighted by molar-refractivity contribution is 7.89. The minimum absolute atomic E-state index is 0.379. The Morgan fingerprint density at radius 3 is 2.83 bits per heavy atom. The van der Waals surface area contributed by atoms with Crippen molar-refractivity contribution in [2.45, 2.75) is 37.1 Å². The maximum Gasteiger partial charge on any atom is 0.240 e. The monoisotopic (exact) mass is 268 g/mol. The van der Waals surface area contributed by atoms with E-state index < -0.39 is 10.0 Å². The first-order chi connectivity index (χ1) is 8.59. The van der Waals surface area contributed by atoms with Crippen LogP contribution in [0.2, 0.25) is 0 Å². The second-order valence-electron chi connectivity index (χ2n) is 4.75. The Hall–Kier alpha value is -0.910. The standard InChI is InChI=1S/C13H20N2O2S/c1-11-5-2-3-7-13(11)18(16,17)15-10-8-12-6-4-9-14-12/h2-3,5,7,12,14-15H,4,6,8-10H2,1H3. The van der Waals surface area contributed by atoms with Crippen LogP contribution in [0.25, 0.3) is 0 Å². The molecule has 5 heteroatoms. The zero-order chi connectivity index (χ0) is 13.0. The van der Waals surface area contributed by atoms with Crippen LogP contribution in [0, 0.1) is 6.92 Å². The van der Waals surface area contributed by atoms with Gasteiger partial charge in [-0.2, -0.15) is 0 Å². The molecule has 0 spiro atoms. The van der Waals surface area contributed by atoms with Crippen LogP contribution in [0.5, 0.6) is 0 Å². The number of benzene rings is 1. The van der Waals surface area contributed by atoms with Gasteiger partial charge in [-0.15, -0.1) is 0 Å². The van der Waals surface area contributed by atoms with Crippen LogP contribution >= 0.6 is 0 Å². The van der Waals surface area contributed by atoms with Crippen LogP contribution in [0.4, 0.5) is 0 Å². The van der Waals surface area contributed by atoms with Crippen molar-refractivity contribution in [2.75, 3.05) is 13.1 Å². The topological polar surface area (TPSA) is 58.2 Å². The summed E-state index contributed by atoms with van der Waals surface area (Å²) in [5.41, 5.74) is 0.781. The number of rotatable bonds is 5. The van der Waals surface area contributed by atoms with Gasteiger partial charge in [-0.3, -0.25) is 0 Å². The van der Waals surface area contributed by atoms with Crippen molar-refractivity contribution in [1.82, 2.24) is 10.0 Å². The minimum Gasteiger partial charge on any atom is -0.314 e. The van der Waals surface area contributed by atoms with Gasteiger partial charge in [-0.1, -0.05) is 18.2 Å². The number of hydrogen-bond donors (Lipinski definition) is 2. The molecule has 1 atom stereocenters. The molecule has 0 saturated carbocycles. The zero-order valence-corrected chi connectivity index (χ0v) is 11.5. The summed E-state index contributed by atoms with van der Waals surface area (Å²) >= 11 is 0. The number of sulfonamides is 1. The highest BCUT2D eigenvalue weighted by atomic mass is 32.2. The number of hydrogen-bond acceptors (Lipinski definition) is 3. The summed E-state index contributed by atoms with van der Waals surface area (Å²) in [6.45, 7) is 3.36. The lowest BCUT2D eigenvalue weighted by molar-refractivity contribution is 0.539. The van der Waals surface area contributed by atoms with Crippen molar-refractivity contribution >= 4 is 10.0 Å². The smallest absolute Gasteiger partial charge is 0.240 e. The van der Waals surface area contributed by atoms with Crippen LogP contribution < -0.4 is 10.0 Å². The Morgan fingerprint density at radius 1 is 1.39 bits per heavy atom. The van der Waals surface area contributed by atoms with E-state index in [0.29, 0.717) is 17.5 Å². The van der Waals surface area contributed by atoms with E-state index >= 15 is 0 Å². The summed E-state index contributed by atoms with van der Waals surface area (Å²) in [6.07, 6.45) is 3.19. The summed E-state index contributed by atoms with van der Waals surface area (Å²) in [6, 6.07) is 7.51. The van der Waals surface area contributed by atoms with Crippen molar-refractivity contribution < 1.29 is 8.42 Å². The SMILES string of the molecule is Cc1ccccc1S(=O)(=O)NCCC1CCCN1. The summed E-state index contributed by atoms with van der Waals surface area (Å²) < 4.78 is 26.9. The second kappa shape index (κ2) is 5.82. The predicted molar refractivity (Wildman–Crippen MR) is 72.0 cm³/mol. The molecule has 4 nitrogen and oxygen atoms in total. The van der Waals surface area contributed by atoms with Gasteiger partial charge in [0.25, 0.3) is 0 Å². The predicted octanol–water partition coefficient (Wildman–Crippen LogP) is 1.42. The summed E-state index contributed by atoms with van der Waals surface area (Å²) in [7, 11) is -3.36. The molecular formula is C13H20N2O2S. The Morgan fingerprint density at radius 2 is 2.17 bits per heavy atom.